The molecule has 1 aromatic carbocycles. The van der Waals surface area contributed by atoms with Gasteiger partial charge in [-0.05, 0) is 49.8 Å². The van der Waals surface area contributed by atoms with Crippen molar-refractivity contribution < 1.29 is 19.0 Å². The number of halogens is 1. The summed E-state index contributed by atoms with van der Waals surface area (Å²) in [5.41, 5.74) is 0.871. The fourth-order valence-electron chi connectivity index (χ4n) is 2.68. The second kappa shape index (κ2) is 7.39. The van der Waals surface area contributed by atoms with E-state index < -0.39 is 11.9 Å². The van der Waals surface area contributed by atoms with Crippen molar-refractivity contribution in [2.45, 2.75) is 44.6 Å². The molecule has 0 saturated carbocycles. The van der Waals surface area contributed by atoms with Gasteiger partial charge in [0.05, 0.1) is 12.0 Å². The van der Waals surface area contributed by atoms with Gasteiger partial charge in [-0.3, -0.25) is 4.79 Å². The molecule has 3 nitrogen and oxygen atoms in total. The molecule has 0 aromatic heterocycles. The lowest BCUT2D eigenvalue weighted by molar-refractivity contribution is -0.142. The van der Waals surface area contributed by atoms with Gasteiger partial charge >= 0.3 is 5.97 Å². The van der Waals surface area contributed by atoms with Crippen LogP contribution in [0.5, 0.6) is 0 Å². The van der Waals surface area contributed by atoms with Gasteiger partial charge in [0.1, 0.15) is 5.82 Å². The number of rotatable bonds is 7. The maximum absolute atomic E-state index is 12.8. The maximum atomic E-state index is 12.8. The molecule has 20 heavy (non-hydrogen) atoms. The Morgan fingerprint density at radius 2 is 2.15 bits per heavy atom. The number of carboxylic acids is 1. The number of hydrogen-bond acceptors (Lipinski definition) is 2. The van der Waals surface area contributed by atoms with Gasteiger partial charge < -0.3 is 9.84 Å². The number of carbonyl (C=O) groups is 1. The van der Waals surface area contributed by atoms with Crippen LogP contribution in [0.1, 0.15) is 37.7 Å². The van der Waals surface area contributed by atoms with Gasteiger partial charge in [-0.1, -0.05) is 18.6 Å². The predicted octanol–water partition coefficient (Wildman–Crippen LogP) is 3.42. The molecular formula is C16H21FO3. The molecule has 1 aromatic rings. The molecule has 2 rings (SSSR count). The van der Waals surface area contributed by atoms with Crippen molar-refractivity contribution in [2.75, 3.05) is 6.61 Å². The van der Waals surface area contributed by atoms with Crippen molar-refractivity contribution in [3.63, 3.8) is 0 Å². The monoisotopic (exact) mass is 280 g/mol. The van der Waals surface area contributed by atoms with Crippen LogP contribution in [0.2, 0.25) is 0 Å². The molecule has 1 aliphatic rings. The van der Waals surface area contributed by atoms with E-state index in [4.69, 9.17) is 4.74 Å². The van der Waals surface area contributed by atoms with Gasteiger partial charge in [0, 0.05) is 6.61 Å². The molecule has 2 unspecified atom stereocenters. The van der Waals surface area contributed by atoms with Crippen LogP contribution in [0.15, 0.2) is 24.3 Å². The molecule has 0 aliphatic carbocycles. The number of carboxylic acid groups (broad SMARTS) is 1. The minimum absolute atomic E-state index is 0.293. The first-order valence-corrected chi connectivity index (χ1v) is 7.24. The van der Waals surface area contributed by atoms with Crippen molar-refractivity contribution in [1.29, 1.82) is 0 Å². The van der Waals surface area contributed by atoms with Crippen molar-refractivity contribution in [3.8, 4) is 0 Å². The molecule has 0 bridgehead atoms. The molecule has 110 valence electrons. The molecule has 0 amide bonds. The third-order valence-corrected chi connectivity index (χ3v) is 3.85. The maximum Gasteiger partial charge on any atom is 0.306 e. The normalized spacial score (nSPS) is 19.9. The highest BCUT2D eigenvalue weighted by molar-refractivity contribution is 5.70. The van der Waals surface area contributed by atoms with Gasteiger partial charge in [0.2, 0.25) is 0 Å². The number of hydrogen-bond donors (Lipinski definition) is 1. The van der Waals surface area contributed by atoms with Crippen LogP contribution in [-0.4, -0.2) is 23.8 Å². The predicted molar refractivity (Wildman–Crippen MR) is 74.1 cm³/mol. The molecule has 1 N–H and O–H groups in total. The zero-order valence-electron chi connectivity index (χ0n) is 11.6. The average Bonchev–Trinajstić information content (AvgIpc) is 2.93. The van der Waals surface area contributed by atoms with E-state index in [0.717, 1.165) is 37.9 Å². The topological polar surface area (TPSA) is 46.5 Å². The Morgan fingerprint density at radius 1 is 1.40 bits per heavy atom. The summed E-state index contributed by atoms with van der Waals surface area (Å²) in [4.78, 5) is 11.3. The summed E-state index contributed by atoms with van der Waals surface area (Å²) in [6.45, 7) is 0.836. The Balaban J connectivity index is 1.80. The van der Waals surface area contributed by atoms with Gasteiger partial charge in [0.25, 0.3) is 0 Å². The minimum atomic E-state index is -0.776. The molecule has 1 aliphatic heterocycles. The molecule has 1 saturated heterocycles. The Kier molecular flexibility index (Phi) is 5.53. The smallest absolute Gasteiger partial charge is 0.306 e. The summed E-state index contributed by atoms with van der Waals surface area (Å²) in [7, 11) is 0. The van der Waals surface area contributed by atoms with E-state index >= 15 is 0 Å². The van der Waals surface area contributed by atoms with Crippen LogP contribution in [0.3, 0.4) is 0 Å². The quantitative estimate of drug-likeness (QED) is 0.832. The fourth-order valence-corrected chi connectivity index (χ4v) is 2.68. The molecular weight excluding hydrogens is 259 g/mol. The molecule has 1 heterocycles. The third kappa shape index (κ3) is 4.60. The van der Waals surface area contributed by atoms with E-state index in [0.29, 0.717) is 18.9 Å². The Hall–Kier alpha value is -1.42. The Morgan fingerprint density at radius 3 is 2.75 bits per heavy atom. The summed E-state index contributed by atoms with van der Waals surface area (Å²) in [5, 5.41) is 9.28. The zero-order valence-corrected chi connectivity index (χ0v) is 11.6. The van der Waals surface area contributed by atoms with E-state index in [9.17, 15) is 14.3 Å². The van der Waals surface area contributed by atoms with Crippen LogP contribution >= 0.6 is 0 Å². The van der Waals surface area contributed by atoms with Crippen LogP contribution < -0.4 is 0 Å². The lowest BCUT2D eigenvalue weighted by Gasteiger charge is -2.14. The van der Waals surface area contributed by atoms with E-state index in [1.54, 1.807) is 12.1 Å². The standard InChI is InChI=1S/C16H21FO3/c17-14-8-6-12(7-9-14)11-13(16(18)19)3-1-4-15-5-2-10-20-15/h6-9,13,15H,1-5,10-11H2,(H,18,19). The SMILES string of the molecule is O=C(O)C(CCCC1CCCO1)Cc1ccc(F)cc1. The summed E-state index contributed by atoms with van der Waals surface area (Å²) in [6, 6.07) is 6.07. The molecule has 0 radical (unpaired) electrons. The van der Waals surface area contributed by atoms with Crippen molar-refractivity contribution in [1.82, 2.24) is 0 Å². The lowest BCUT2D eigenvalue weighted by atomic mass is 9.93. The van der Waals surface area contributed by atoms with Gasteiger partial charge in [-0.15, -0.1) is 0 Å². The van der Waals surface area contributed by atoms with Crippen molar-refractivity contribution in [2.24, 2.45) is 5.92 Å². The fraction of sp³-hybridized carbons (Fsp3) is 0.562. The summed E-state index contributed by atoms with van der Waals surface area (Å²) in [5.74, 6) is -1.47. The summed E-state index contributed by atoms with van der Waals surface area (Å²) < 4.78 is 18.4. The van der Waals surface area contributed by atoms with Crippen LogP contribution in [0.25, 0.3) is 0 Å². The van der Waals surface area contributed by atoms with Gasteiger partial charge in [-0.2, -0.15) is 0 Å². The first-order valence-electron chi connectivity index (χ1n) is 7.24. The Labute approximate surface area is 118 Å². The van der Waals surface area contributed by atoms with Crippen LogP contribution in [0, 0.1) is 11.7 Å². The first kappa shape index (κ1) is 15.0. The number of aliphatic carboxylic acids is 1. The number of benzene rings is 1. The second-order valence-electron chi connectivity index (χ2n) is 5.43. The Bertz CT molecular complexity index is 424. The molecule has 2 atom stereocenters. The first-order chi connectivity index (χ1) is 9.65. The van der Waals surface area contributed by atoms with E-state index in [-0.39, 0.29) is 5.82 Å². The third-order valence-electron chi connectivity index (χ3n) is 3.85. The summed E-state index contributed by atoms with van der Waals surface area (Å²) in [6.07, 6.45) is 5.43. The largest absolute Gasteiger partial charge is 0.481 e. The van der Waals surface area contributed by atoms with E-state index in [2.05, 4.69) is 0 Å². The highest BCUT2D eigenvalue weighted by Gasteiger charge is 2.20. The van der Waals surface area contributed by atoms with Crippen molar-refractivity contribution >= 4 is 5.97 Å². The van der Waals surface area contributed by atoms with Gasteiger partial charge in [0.15, 0.2) is 0 Å². The molecule has 0 spiro atoms. The second-order valence-corrected chi connectivity index (χ2v) is 5.43. The number of ether oxygens (including phenoxy) is 1. The minimum Gasteiger partial charge on any atom is -0.481 e. The average molecular weight is 280 g/mol. The molecule has 4 heteroatoms. The highest BCUT2D eigenvalue weighted by Crippen LogP contribution is 2.21. The summed E-state index contributed by atoms with van der Waals surface area (Å²) >= 11 is 0. The van der Waals surface area contributed by atoms with Gasteiger partial charge in [-0.25, -0.2) is 4.39 Å². The zero-order chi connectivity index (χ0) is 14.4. The van der Waals surface area contributed by atoms with E-state index in [1.165, 1.54) is 12.1 Å². The van der Waals surface area contributed by atoms with Crippen LogP contribution in [-0.2, 0) is 16.0 Å². The van der Waals surface area contributed by atoms with Crippen molar-refractivity contribution in [3.05, 3.63) is 35.6 Å². The van der Waals surface area contributed by atoms with E-state index in [1.807, 2.05) is 0 Å². The lowest BCUT2D eigenvalue weighted by Crippen LogP contribution is -2.17. The van der Waals surface area contributed by atoms with Crippen LogP contribution in [0.4, 0.5) is 4.39 Å². The highest BCUT2D eigenvalue weighted by atomic mass is 19.1. The molecule has 1 fully saturated rings.